The van der Waals surface area contributed by atoms with E-state index in [9.17, 15) is 9.50 Å². The average Bonchev–Trinajstić information content (AvgIpc) is 2.07. The van der Waals surface area contributed by atoms with Crippen LogP contribution in [0, 0.1) is 5.82 Å². The van der Waals surface area contributed by atoms with E-state index >= 15 is 0 Å². The summed E-state index contributed by atoms with van der Waals surface area (Å²) in [4.78, 5) is 0.577. The van der Waals surface area contributed by atoms with E-state index in [-0.39, 0.29) is 5.82 Å². The minimum absolute atomic E-state index is 0.296. The van der Waals surface area contributed by atoms with Crippen LogP contribution in [-0.2, 0) is 0 Å². The fourth-order valence-corrected chi connectivity index (χ4v) is 2.23. The van der Waals surface area contributed by atoms with E-state index in [4.69, 9.17) is 5.73 Å². The maximum atomic E-state index is 13.3. The van der Waals surface area contributed by atoms with Crippen LogP contribution in [0.3, 0.4) is 0 Å². The van der Waals surface area contributed by atoms with Crippen molar-refractivity contribution in [1.82, 2.24) is 0 Å². The highest BCUT2D eigenvalue weighted by atomic mass is 32.2. The van der Waals surface area contributed by atoms with Crippen LogP contribution in [0.5, 0.6) is 0 Å². The minimum Gasteiger partial charge on any atom is -0.399 e. The van der Waals surface area contributed by atoms with Crippen LogP contribution in [0.15, 0.2) is 23.1 Å². The van der Waals surface area contributed by atoms with Crippen LogP contribution >= 0.6 is 11.8 Å². The fraction of sp³-hybridized carbons (Fsp3) is 0.455. The first-order chi connectivity index (χ1) is 6.88. The van der Waals surface area contributed by atoms with Gasteiger partial charge < -0.3 is 10.8 Å². The Balaban J connectivity index is 2.51. The summed E-state index contributed by atoms with van der Waals surface area (Å²) in [6.45, 7) is 3.49. The van der Waals surface area contributed by atoms with Crippen molar-refractivity contribution in [3.05, 3.63) is 24.0 Å². The quantitative estimate of drug-likeness (QED) is 0.616. The summed E-state index contributed by atoms with van der Waals surface area (Å²) in [6.07, 6.45) is 0.626. The summed E-state index contributed by atoms with van der Waals surface area (Å²) in [7, 11) is 0. The van der Waals surface area contributed by atoms with Crippen molar-refractivity contribution in [3.8, 4) is 0 Å². The third-order valence-corrected chi connectivity index (χ3v) is 2.98. The average molecular weight is 229 g/mol. The molecule has 0 saturated carbocycles. The molecule has 0 aromatic heterocycles. The zero-order valence-electron chi connectivity index (χ0n) is 8.96. The van der Waals surface area contributed by atoms with Gasteiger partial charge >= 0.3 is 0 Å². The van der Waals surface area contributed by atoms with Crippen LogP contribution < -0.4 is 5.73 Å². The molecule has 0 fully saturated rings. The second kappa shape index (κ2) is 4.86. The van der Waals surface area contributed by atoms with E-state index in [1.54, 1.807) is 26.0 Å². The molecule has 0 aliphatic carbocycles. The number of rotatable bonds is 4. The van der Waals surface area contributed by atoms with Crippen LogP contribution in [0.4, 0.5) is 10.1 Å². The molecule has 0 aliphatic heterocycles. The molecular weight excluding hydrogens is 213 g/mol. The van der Waals surface area contributed by atoms with Crippen molar-refractivity contribution in [3.63, 3.8) is 0 Å². The number of hydrogen-bond acceptors (Lipinski definition) is 3. The Bertz CT molecular complexity index is 336. The Hall–Kier alpha value is -0.740. The highest BCUT2D eigenvalue weighted by Gasteiger charge is 2.12. The Kier molecular flexibility index (Phi) is 3.99. The standard InChI is InChI=1S/C11H16FNOS/c1-11(2,14)5-6-15-10-4-3-8(13)7-9(10)12/h3-4,7,14H,5-6,13H2,1-2H3. The van der Waals surface area contributed by atoms with Gasteiger partial charge in [-0.1, -0.05) is 0 Å². The van der Waals surface area contributed by atoms with Crippen LogP contribution in [0.2, 0.25) is 0 Å². The van der Waals surface area contributed by atoms with Gasteiger partial charge in [-0.05, 0) is 38.5 Å². The highest BCUT2D eigenvalue weighted by Crippen LogP contribution is 2.25. The van der Waals surface area contributed by atoms with E-state index < -0.39 is 5.60 Å². The largest absolute Gasteiger partial charge is 0.399 e. The van der Waals surface area contributed by atoms with Crippen molar-refractivity contribution in [2.75, 3.05) is 11.5 Å². The van der Waals surface area contributed by atoms with Gasteiger partial charge in [0.2, 0.25) is 0 Å². The lowest BCUT2D eigenvalue weighted by Crippen LogP contribution is -2.19. The van der Waals surface area contributed by atoms with Crippen molar-refractivity contribution in [2.45, 2.75) is 30.8 Å². The van der Waals surface area contributed by atoms with Gasteiger partial charge in [-0.3, -0.25) is 0 Å². The first-order valence-corrected chi connectivity index (χ1v) is 5.77. The maximum Gasteiger partial charge on any atom is 0.138 e. The molecule has 3 N–H and O–H groups in total. The zero-order valence-corrected chi connectivity index (χ0v) is 9.77. The molecule has 1 aromatic rings. The minimum atomic E-state index is -0.697. The molecule has 0 atom stereocenters. The zero-order chi connectivity index (χ0) is 11.5. The van der Waals surface area contributed by atoms with Gasteiger partial charge in [0.25, 0.3) is 0 Å². The van der Waals surface area contributed by atoms with Gasteiger partial charge in [0.05, 0.1) is 5.60 Å². The molecule has 4 heteroatoms. The summed E-state index contributed by atoms with van der Waals surface area (Å²) in [6, 6.07) is 4.65. The van der Waals surface area contributed by atoms with E-state index in [1.165, 1.54) is 17.8 Å². The monoisotopic (exact) mass is 229 g/mol. The molecule has 15 heavy (non-hydrogen) atoms. The molecule has 0 bridgehead atoms. The number of nitrogen functional groups attached to an aromatic ring is 1. The summed E-state index contributed by atoms with van der Waals surface area (Å²) >= 11 is 1.39. The van der Waals surface area contributed by atoms with Gasteiger partial charge in [-0.25, -0.2) is 4.39 Å². The molecule has 0 amide bonds. The van der Waals surface area contributed by atoms with Gasteiger partial charge in [0.1, 0.15) is 5.82 Å². The molecule has 0 radical (unpaired) electrons. The summed E-state index contributed by atoms with van der Waals surface area (Å²) in [5.41, 5.74) is 5.17. The Morgan fingerprint density at radius 1 is 1.47 bits per heavy atom. The molecular formula is C11H16FNOS. The molecule has 0 unspecified atom stereocenters. The first kappa shape index (κ1) is 12.3. The van der Waals surface area contributed by atoms with Crippen LogP contribution in [0.1, 0.15) is 20.3 Å². The SMILES string of the molecule is CC(C)(O)CCSc1ccc(N)cc1F. The van der Waals surface area contributed by atoms with Crippen molar-refractivity contribution in [1.29, 1.82) is 0 Å². The Morgan fingerprint density at radius 2 is 2.13 bits per heavy atom. The lowest BCUT2D eigenvalue weighted by Gasteiger charge is -2.16. The van der Waals surface area contributed by atoms with Crippen molar-refractivity contribution in [2.24, 2.45) is 0 Å². The summed E-state index contributed by atoms with van der Waals surface area (Å²) in [5, 5.41) is 9.48. The van der Waals surface area contributed by atoms with Crippen molar-refractivity contribution >= 4 is 17.4 Å². The third-order valence-electron chi connectivity index (χ3n) is 1.93. The van der Waals surface area contributed by atoms with Gasteiger partial charge in [0, 0.05) is 16.3 Å². The van der Waals surface area contributed by atoms with Gasteiger partial charge in [0.15, 0.2) is 0 Å². The van der Waals surface area contributed by atoms with E-state index in [2.05, 4.69) is 0 Å². The number of nitrogens with two attached hydrogens (primary N) is 1. The predicted octanol–water partition coefficient (Wildman–Crippen LogP) is 2.66. The molecule has 1 rings (SSSR count). The predicted molar refractivity (Wildman–Crippen MR) is 62.5 cm³/mol. The lowest BCUT2D eigenvalue weighted by molar-refractivity contribution is 0.0777. The summed E-state index contributed by atoms with van der Waals surface area (Å²) < 4.78 is 13.3. The number of benzene rings is 1. The first-order valence-electron chi connectivity index (χ1n) is 4.79. The second-order valence-electron chi connectivity index (χ2n) is 4.10. The van der Waals surface area contributed by atoms with E-state index in [0.717, 1.165) is 0 Å². The topological polar surface area (TPSA) is 46.2 Å². The molecule has 0 aliphatic rings. The van der Waals surface area contributed by atoms with Gasteiger partial charge in [-0.15, -0.1) is 11.8 Å². The third kappa shape index (κ3) is 4.53. The lowest BCUT2D eigenvalue weighted by atomic mass is 10.1. The molecule has 2 nitrogen and oxygen atoms in total. The number of aliphatic hydroxyl groups is 1. The smallest absolute Gasteiger partial charge is 0.138 e. The van der Waals surface area contributed by atoms with E-state index in [0.29, 0.717) is 22.8 Å². The molecule has 0 saturated heterocycles. The second-order valence-corrected chi connectivity index (χ2v) is 5.24. The summed E-state index contributed by atoms with van der Waals surface area (Å²) in [5.74, 6) is 0.389. The number of halogens is 1. The number of thioether (sulfide) groups is 1. The Morgan fingerprint density at radius 3 is 2.67 bits per heavy atom. The normalized spacial score (nSPS) is 11.7. The van der Waals surface area contributed by atoms with Crippen molar-refractivity contribution < 1.29 is 9.50 Å². The molecule has 0 spiro atoms. The Labute approximate surface area is 93.7 Å². The van der Waals surface area contributed by atoms with Crippen LogP contribution in [0.25, 0.3) is 0 Å². The molecule has 0 heterocycles. The highest BCUT2D eigenvalue weighted by molar-refractivity contribution is 7.99. The number of hydrogen-bond donors (Lipinski definition) is 2. The fourth-order valence-electron chi connectivity index (χ4n) is 1.04. The molecule has 1 aromatic carbocycles. The van der Waals surface area contributed by atoms with Gasteiger partial charge in [-0.2, -0.15) is 0 Å². The molecule has 84 valence electrons. The number of anilines is 1. The van der Waals surface area contributed by atoms with E-state index in [1.807, 2.05) is 0 Å². The maximum absolute atomic E-state index is 13.3. The van der Waals surface area contributed by atoms with Crippen LogP contribution in [-0.4, -0.2) is 16.5 Å².